The van der Waals surface area contributed by atoms with Gasteiger partial charge in [0, 0.05) is 32.2 Å². The molecule has 1 aromatic rings. The summed E-state index contributed by atoms with van der Waals surface area (Å²) >= 11 is 0. The minimum atomic E-state index is 0.650. The predicted octanol–water partition coefficient (Wildman–Crippen LogP) is 2.91. The number of benzene rings is 1. The van der Waals surface area contributed by atoms with Crippen molar-refractivity contribution in [2.75, 3.05) is 6.54 Å². The van der Waals surface area contributed by atoms with Crippen LogP contribution < -0.4 is 5.32 Å². The third-order valence-electron chi connectivity index (χ3n) is 4.21. The van der Waals surface area contributed by atoms with Crippen molar-refractivity contribution in [1.82, 2.24) is 10.2 Å². The maximum atomic E-state index is 3.42. The Kier molecular flexibility index (Phi) is 3.40. The lowest BCUT2D eigenvalue weighted by Gasteiger charge is -2.26. The molecule has 2 heteroatoms. The molecule has 0 bridgehead atoms. The molecule has 1 aliphatic carbocycles. The standard InChI is InChI=1S/C16H24N2/c1-12(2)18(10-13-3-4-13)11-14-5-6-15-8-17-9-16(15)7-14/h5-7,12-13,17H,3-4,8-11H2,1-2H3. The molecule has 0 saturated heterocycles. The SMILES string of the molecule is CC(C)N(Cc1ccc2c(c1)CNC2)CC1CC1. The highest BCUT2D eigenvalue weighted by atomic mass is 15.1. The van der Waals surface area contributed by atoms with Crippen LogP contribution in [0.2, 0.25) is 0 Å². The van der Waals surface area contributed by atoms with Crippen molar-refractivity contribution < 1.29 is 0 Å². The van der Waals surface area contributed by atoms with Crippen LogP contribution in [0.4, 0.5) is 0 Å². The second kappa shape index (κ2) is 5.02. The minimum Gasteiger partial charge on any atom is -0.309 e. The molecule has 0 aromatic heterocycles. The van der Waals surface area contributed by atoms with Crippen LogP contribution in [0.25, 0.3) is 0 Å². The molecule has 0 radical (unpaired) electrons. The summed E-state index contributed by atoms with van der Waals surface area (Å²) in [5, 5.41) is 3.42. The highest BCUT2D eigenvalue weighted by Gasteiger charge is 2.25. The number of hydrogen-bond acceptors (Lipinski definition) is 2. The largest absolute Gasteiger partial charge is 0.309 e. The van der Waals surface area contributed by atoms with Crippen LogP contribution >= 0.6 is 0 Å². The zero-order valence-corrected chi connectivity index (χ0v) is 11.6. The van der Waals surface area contributed by atoms with Crippen molar-refractivity contribution in [2.24, 2.45) is 5.92 Å². The van der Waals surface area contributed by atoms with Gasteiger partial charge in [0.1, 0.15) is 0 Å². The number of hydrogen-bond donors (Lipinski definition) is 1. The summed E-state index contributed by atoms with van der Waals surface area (Å²) in [7, 11) is 0. The second-order valence-corrected chi connectivity index (χ2v) is 6.17. The summed E-state index contributed by atoms with van der Waals surface area (Å²) in [5.74, 6) is 0.975. The van der Waals surface area contributed by atoms with E-state index in [1.807, 2.05) is 0 Å². The summed E-state index contributed by atoms with van der Waals surface area (Å²) in [6.45, 7) is 9.13. The molecule has 2 nitrogen and oxygen atoms in total. The molecule has 1 aromatic carbocycles. The van der Waals surface area contributed by atoms with E-state index in [-0.39, 0.29) is 0 Å². The fourth-order valence-electron chi connectivity index (χ4n) is 2.77. The average Bonchev–Trinajstić information content (AvgIpc) is 3.04. The monoisotopic (exact) mass is 244 g/mol. The van der Waals surface area contributed by atoms with Crippen LogP contribution in [-0.2, 0) is 19.6 Å². The van der Waals surface area contributed by atoms with Gasteiger partial charge in [0.25, 0.3) is 0 Å². The van der Waals surface area contributed by atoms with Gasteiger partial charge in [-0.2, -0.15) is 0 Å². The molecule has 0 spiro atoms. The first-order chi connectivity index (χ1) is 8.72. The first-order valence-electron chi connectivity index (χ1n) is 7.28. The number of fused-ring (bicyclic) bond motifs is 1. The van der Waals surface area contributed by atoms with Crippen LogP contribution in [0.1, 0.15) is 43.4 Å². The van der Waals surface area contributed by atoms with Crippen molar-refractivity contribution in [3.8, 4) is 0 Å². The summed E-state index contributed by atoms with van der Waals surface area (Å²) in [6.07, 6.45) is 2.88. The van der Waals surface area contributed by atoms with E-state index in [1.165, 1.54) is 36.1 Å². The maximum Gasteiger partial charge on any atom is 0.0236 e. The van der Waals surface area contributed by atoms with E-state index >= 15 is 0 Å². The lowest BCUT2D eigenvalue weighted by molar-refractivity contribution is 0.204. The highest BCUT2D eigenvalue weighted by molar-refractivity contribution is 5.34. The van der Waals surface area contributed by atoms with Gasteiger partial charge in [-0.1, -0.05) is 18.2 Å². The number of nitrogens with one attached hydrogen (secondary N) is 1. The molecule has 3 rings (SSSR count). The van der Waals surface area contributed by atoms with Gasteiger partial charge in [0.2, 0.25) is 0 Å². The molecule has 2 aliphatic rings. The Morgan fingerprint density at radius 2 is 2.00 bits per heavy atom. The average molecular weight is 244 g/mol. The van der Waals surface area contributed by atoms with Gasteiger partial charge in [-0.3, -0.25) is 4.90 Å². The molecular weight excluding hydrogens is 220 g/mol. The molecule has 1 N–H and O–H groups in total. The van der Waals surface area contributed by atoms with Crippen molar-refractivity contribution in [3.05, 3.63) is 34.9 Å². The van der Waals surface area contributed by atoms with Crippen molar-refractivity contribution >= 4 is 0 Å². The quantitative estimate of drug-likeness (QED) is 0.857. The molecule has 1 heterocycles. The Morgan fingerprint density at radius 1 is 1.22 bits per heavy atom. The lowest BCUT2D eigenvalue weighted by atomic mass is 10.1. The van der Waals surface area contributed by atoms with E-state index in [9.17, 15) is 0 Å². The van der Waals surface area contributed by atoms with E-state index in [0.29, 0.717) is 6.04 Å². The van der Waals surface area contributed by atoms with Crippen LogP contribution in [0.15, 0.2) is 18.2 Å². The first-order valence-corrected chi connectivity index (χ1v) is 7.28. The number of nitrogens with zero attached hydrogens (tertiary/aromatic N) is 1. The molecule has 0 atom stereocenters. The zero-order chi connectivity index (χ0) is 12.5. The predicted molar refractivity (Wildman–Crippen MR) is 75.3 cm³/mol. The molecule has 0 unspecified atom stereocenters. The smallest absolute Gasteiger partial charge is 0.0236 e. The summed E-state index contributed by atoms with van der Waals surface area (Å²) in [6, 6.07) is 7.67. The van der Waals surface area contributed by atoms with Gasteiger partial charge in [-0.25, -0.2) is 0 Å². The Bertz CT molecular complexity index is 421. The molecule has 18 heavy (non-hydrogen) atoms. The normalized spacial score (nSPS) is 18.7. The second-order valence-electron chi connectivity index (χ2n) is 6.17. The topological polar surface area (TPSA) is 15.3 Å². The van der Waals surface area contributed by atoms with Gasteiger partial charge in [-0.15, -0.1) is 0 Å². The first kappa shape index (κ1) is 12.2. The van der Waals surface area contributed by atoms with Gasteiger partial charge in [0.05, 0.1) is 0 Å². The highest BCUT2D eigenvalue weighted by Crippen LogP contribution is 2.31. The van der Waals surface area contributed by atoms with Crippen LogP contribution in [0.3, 0.4) is 0 Å². The van der Waals surface area contributed by atoms with Gasteiger partial charge < -0.3 is 5.32 Å². The molecule has 1 fully saturated rings. The van der Waals surface area contributed by atoms with E-state index in [0.717, 1.165) is 25.6 Å². The Morgan fingerprint density at radius 3 is 2.72 bits per heavy atom. The Hall–Kier alpha value is -0.860. The van der Waals surface area contributed by atoms with E-state index in [4.69, 9.17) is 0 Å². The fraction of sp³-hybridized carbons (Fsp3) is 0.625. The van der Waals surface area contributed by atoms with E-state index in [2.05, 4.69) is 42.3 Å². The van der Waals surface area contributed by atoms with E-state index in [1.54, 1.807) is 0 Å². The third kappa shape index (κ3) is 2.76. The summed E-state index contributed by atoms with van der Waals surface area (Å²) in [5.41, 5.74) is 4.46. The molecule has 1 aliphatic heterocycles. The fourth-order valence-corrected chi connectivity index (χ4v) is 2.77. The van der Waals surface area contributed by atoms with Crippen LogP contribution in [0, 0.1) is 5.92 Å². The van der Waals surface area contributed by atoms with Crippen molar-refractivity contribution in [2.45, 2.75) is 52.4 Å². The van der Waals surface area contributed by atoms with Gasteiger partial charge >= 0.3 is 0 Å². The van der Waals surface area contributed by atoms with Crippen LogP contribution in [-0.4, -0.2) is 17.5 Å². The van der Waals surface area contributed by atoms with Crippen LogP contribution in [0.5, 0.6) is 0 Å². The van der Waals surface area contributed by atoms with Gasteiger partial charge in [-0.05, 0) is 49.3 Å². The van der Waals surface area contributed by atoms with E-state index < -0.39 is 0 Å². The van der Waals surface area contributed by atoms with Crippen molar-refractivity contribution in [3.63, 3.8) is 0 Å². The van der Waals surface area contributed by atoms with Gasteiger partial charge in [0.15, 0.2) is 0 Å². The minimum absolute atomic E-state index is 0.650. The Labute approximate surface area is 110 Å². The summed E-state index contributed by atoms with van der Waals surface area (Å²) < 4.78 is 0. The molecule has 0 amide bonds. The Balaban J connectivity index is 1.69. The third-order valence-corrected chi connectivity index (χ3v) is 4.21. The summed E-state index contributed by atoms with van der Waals surface area (Å²) in [4.78, 5) is 2.63. The molecule has 1 saturated carbocycles. The molecular formula is C16H24N2. The maximum absolute atomic E-state index is 3.42. The number of rotatable bonds is 5. The zero-order valence-electron chi connectivity index (χ0n) is 11.6. The van der Waals surface area contributed by atoms with Crippen molar-refractivity contribution in [1.29, 1.82) is 0 Å². The molecule has 98 valence electrons. The lowest BCUT2D eigenvalue weighted by Crippen LogP contribution is -2.32.